The molecule has 1 atom stereocenters. The van der Waals surface area contributed by atoms with Gasteiger partial charge in [0.25, 0.3) is 0 Å². The Balaban J connectivity index is 1.98. The number of rotatable bonds is 6. The molecule has 2 heteroatoms. The van der Waals surface area contributed by atoms with Gasteiger partial charge in [0, 0.05) is 11.6 Å². The van der Waals surface area contributed by atoms with Crippen LogP contribution in [0.1, 0.15) is 44.2 Å². The lowest BCUT2D eigenvalue weighted by Crippen LogP contribution is -2.12. The van der Waals surface area contributed by atoms with Gasteiger partial charge in [-0.1, -0.05) is 31.0 Å². The maximum Gasteiger partial charge on any atom is 0.124 e. The van der Waals surface area contributed by atoms with E-state index in [2.05, 4.69) is 6.07 Å². The van der Waals surface area contributed by atoms with Crippen LogP contribution in [0.5, 0.6) is 5.75 Å². The van der Waals surface area contributed by atoms with Gasteiger partial charge in [0.1, 0.15) is 5.75 Å². The predicted octanol–water partition coefficient (Wildman–Crippen LogP) is 3.28. The lowest BCUT2D eigenvalue weighted by atomic mass is 10.0. The van der Waals surface area contributed by atoms with Gasteiger partial charge in [-0.15, -0.1) is 0 Å². The van der Waals surface area contributed by atoms with Crippen LogP contribution in [0.15, 0.2) is 24.3 Å². The SMILES string of the molecule is CCOc1ccccc1C(N)CCC1CC1. The van der Waals surface area contributed by atoms with E-state index in [0.717, 1.165) is 23.7 Å². The largest absolute Gasteiger partial charge is 0.494 e. The molecule has 1 aliphatic rings. The fraction of sp³-hybridized carbons (Fsp3) is 0.571. The highest BCUT2D eigenvalue weighted by molar-refractivity contribution is 5.35. The molecule has 0 aromatic heterocycles. The first kappa shape index (κ1) is 11.5. The summed E-state index contributed by atoms with van der Waals surface area (Å²) in [7, 11) is 0. The fourth-order valence-electron chi connectivity index (χ4n) is 2.05. The molecule has 0 bridgehead atoms. The van der Waals surface area contributed by atoms with Crippen LogP contribution in [0.3, 0.4) is 0 Å². The maximum absolute atomic E-state index is 6.22. The highest BCUT2D eigenvalue weighted by atomic mass is 16.5. The Bertz CT molecular complexity index is 333. The van der Waals surface area contributed by atoms with E-state index in [1.807, 2.05) is 25.1 Å². The Morgan fingerprint density at radius 2 is 2.12 bits per heavy atom. The average Bonchev–Trinajstić information content (AvgIpc) is 3.11. The first-order chi connectivity index (χ1) is 7.81. The summed E-state index contributed by atoms with van der Waals surface area (Å²) >= 11 is 0. The zero-order valence-electron chi connectivity index (χ0n) is 9.99. The summed E-state index contributed by atoms with van der Waals surface area (Å²) in [6.45, 7) is 2.71. The summed E-state index contributed by atoms with van der Waals surface area (Å²) in [6.07, 6.45) is 5.15. The minimum absolute atomic E-state index is 0.128. The zero-order chi connectivity index (χ0) is 11.4. The molecule has 1 fully saturated rings. The second-order valence-electron chi connectivity index (χ2n) is 4.60. The summed E-state index contributed by atoms with van der Waals surface area (Å²) in [6, 6.07) is 8.26. The number of nitrogens with two attached hydrogens (primary N) is 1. The van der Waals surface area contributed by atoms with Crippen LogP contribution >= 0.6 is 0 Å². The molecular formula is C14H21NO. The van der Waals surface area contributed by atoms with Crippen molar-refractivity contribution >= 4 is 0 Å². The zero-order valence-corrected chi connectivity index (χ0v) is 9.99. The molecule has 88 valence electrons. The maximum atomic E-state index is 6.22. The molecule has 16 heavy (non-hydrogen) atoms. The molecule has 2 rings (SSSR count). The number of ether oxygens (including phenoxy) is 1. The van der Waals surface area contributed by atoms with Gasteiger partial charge < -0.3 is 10.5 Å². The van der Waals surface area contributed by atoms with Crippen molar-refractivity contribution in [2.75, 3.05) is 6.61 Å². The van der Waals surface area contributed by atoms with E-state index in [9.17, 15) is 0 Å². The van der Waals surface area contributed by atoms with Crippen molar-refractivity contribution in [2.24, 2.45) is 11.7 Å². The Labute approximate surface area is 97.8 Å². The molecule has 2 nitrogen and oxygen atoms in total. The second kappa shape index (κ2) is 5.35. The van der Waals surface area contributed by atoms with E-state index in [-0.39, 0.29) is 6.04 Å². The van der Waals surface area contributed by atoms with Crippen LogP contribution < -0.4 is 10.5 Å². The van der Waals surface area contributed by atoms with Crippen molar-refractivity contribution in [2.45, 2.75) is 38.6 Å². The summed E-state index contributed by atoms with van der Waals surface area (Å²) in [5.74, 6) is 1.90. The lowest BCUT2D eigenvalue weighted by molar-refractivity contribution is 0.333. The molecule has 0 spiro atoms. The van der Waals surface area contributed by atoms with Gasteiger partial charge in [-0.3, -0.25) is 0 Å². The first-order valence-electron chi connectivity index (χ1n) is 6.28. The number of para-hydroxylation sites is 1. The quantitative estimate of drug-likeness (QED) is 0.797. The van der Waals surface area contributed by atoms with Crippen LogP contribution in [-0.4, -0.2) is 6.61 Å². The molecule has 1 aromatic carbocycles. The molecule has 0 amide bonds. The minimum Gasteiger partial charge on any atom is -0.494 e. The molecule has 0 saturated heterocycles. The molecule has 0 heterocycles. The van der Waals surface area contributed by atoms with Crippen molar-refractivity contribution < 1.29 is 4.74 Å². The smallest absolute Gasteiger partial charge is 0.124 e. The molecule has 0 aliphatic heterocycles. The third-order valence-corrected chi connectivity index (χ3v) is 3.20. The molecule has 0 radical (unpaired) electrons. The monoisotopic (exact) mass is 219 g/mol. The third kappa shape index (κ3) is 2.99. The second-order valence-corrected chi connectivity index (χ2v) is 4.60. The first-order valence-corrected chi connectivity index (χ1v) is 6.28. The van der Waals surface area contributed by atoms with Gasteiger partial charge >= 0.3 is 0 Å². The van der Waals surface area contributed by atoms with Gasteiger partial charge in [-0.2, -0.15) is 0 Å². The highest BCUT2D eigenvalue weighted by Crippen LogP contribution is 2.36. The van der Waals surface area contributed by atoms with Crippen LogP contribution in [0.2, 0.25) is 0 Å². The summed E-state index contributed by atoms with van der Waals surface area (Å²) in [5, 5.41) is 0. The Morgan fingerprint density at radius 1 is 1.38 bits per heavy atom. The van der Waals surface area contributed by atoms with Crippen LogP contribution in [0.4, 0.5) is 0 Å². The molecule has 1 unspecified atom stereocenters. The molecular weight excluding hydrogens is 198 g/mol. The number of hydrogen-bond donors (Lipinski definition) is 1. The van der Waals surface area contributed by atoms with Gasteiger partial charge in [-0.25, -0.2) is 0 Å². The van der Waals surface area contributed by atoms with E-state index in [1.54, 1.807) is 0 Å². The van der Waals surface area contributed by atoms with Crippen molar-refractivity contribution in [3.8, 4) is 5.75 Å². The van der Waals surface area contributed by atoms with E-state index >= 15 is 0 Å². The fourth-order valence-corrected chi connectivity index (χ4v) is 2.05. The Kier molecular flexibility index (Phi) is 3.83. The average molecular weight is 219 g/mol. The van der Waals surface area contributed by atoms with E-state index in [1.165, 1.54) is 19.3 Å². The van der Waals surface area contributed by atoms with E-state index < -0.39 is 0 Å². The topological polar surface area (TPSA) is 35.2 Å². The van der Waals surface area contributed by atoms with Crippen LogP contribution in [-0.2, 0) is 0 Å². The van der Waals surface area contributed by atoms with Crippen LogP contribution in [0.25, 0.3) is 0 Å². The predicted molar refractivity (Wildman–Crippen MR) is 66.5 cm³/mol. The van der Waals surface area contributed by atoms with Gasteiger partial charge in [0.05, 0.1) is 6.61 Å². The van der Waals surface area contributed by atoms with E-state index in [4.69, 9.17) is 10.5 Å². The minimum atomic E-state index is 0.128. The number of hydrogen-bond acceptors (Lipinski definition) is 2. The van der Waals surface area contributed by atoms with E-state index in [0.29, 0.717) is 6.61 Å². The summed E-state index contributed by atoms with van der Waals surface area (Å²) in [5.41, 5.74) is 7.38. The summed E-state index contributed by atoms with van der Waals surface area (Å²) < 4.78 is 5.60. The Hall–Kier alpha value is -1.02. The van der Waals surface area contributed by atoms with Crippen LogP contribution in [0, 0.1) is 5.92 Å². The summed E-state index contributed by atoms with van der Waals surface area (Å²) in [4.78, 5) is 0. The Morgan fingerprint density at radius 3 is 2.81 bits per heavy atom. The number of benzene rings is 1. The molecule has 1 aliphatic carbocycles. The van der Waals surface area contributed by atoms with Crippen molar-refractivity contribution in [1.29, 1.82) is 0 Å². The van der Waals surface area contributed by atoms with Crippen molar-refractivity contribution in [3.05, 3.63) is 29.8 Å². The van der Waals surface area contributed by atoms with Gasteiger partial charge in [0.15, 0.2) is 0 Å². The molecule has 1 saturated carbocycles. The highest BCUT2D eigenvalue weighted by Gasteiger charge is 2.22. The standard InChI is InChI=1S/C14H21NO/c1-2-16-14-6-4-3-5-12(14)13(15)10-9-11-7-8-11/h3-6,11,13H,2,7-10,15H2,1H3. The van der Waals surface area contributed by atoms with Crippen molar-refractivity contribution in [3.63, 3.8) is 0 Å². The normalized spacial score (nSPS) is 17.1. The molecule has 2 N–H and O–H groups in total. The third-order valence-electron chi connectivity index (χ3n) is 3.20. The van der Waals surface area contributed by atoms with Crippen molar-refractivity contribution in [1.82, 2.24) is 0 Å². The molecule has 1 aromatic rings. The lowest BCUT2D eigenvalue weighted by Gasteiger charge is -2.16. The van der Waals surface area contributed by atoms with Gasteiger partial charge in [-0.05, 0) is 31.7 Å². The van der Waals surface area contributed by atoms with Gasteiger partial charge in [0.2, 0.25) is 0 Å².